The van der Waals surface area contributed by atoms with Gasteiger partial charge in [-0.1, -0.05) is 0 Å². The van der Waals surface area contributed by atoms with Crippen molar-refractivity contribution in [3.05, 3.63) is 47.0 Å². The third kappa shape index (κ3) is 3.77. The van der Waals surface area contributed by atoms with Crippen LogP contribution in [0.1, 0.15) is 31.2 Å². The van der Waals surface area contributed by atoms with Gasteiger partial charge in [0.1, 0.15) is 0 Å². The van der Waals surface area contributed by atoms with E-state index in [1.165, 1.54) is 17.7 Å². The van der Waals surface area contributed by atoms with Crippen molar-refractivity contribution in [3.63, 3.8) is 0 Å². The van der Waals surface area contributed by atoms with Crippen LogP contribution in [-0.2, 0) is 4.79 Å². The first-order chi connectivity index (χ1) is 15.4. The Kier molecular flexibility index (Phi) is 5.21. The number of carbonyl (C=O) groups excluding carboxylic acids is 1. The largest absolute Gasteiger partial charge is 0.366 e. The predicted octanol–water partition coefficient (Wildman–Crippen LogP) is 2.90. The van der Waals surface area contributed by atoms with Crippen LogP contribution in [0, 0.1) is 12.7 Å². The Morgan fingerprint density at radius 1 is 1.22 bits per heavy atom. The third-order valence-corrected chi connectivity index (χ3v) is 6.81. The first-order valence-electron chi connectivity index (χ1n) is 11.0. The number of benzene rings is 1. The number of primary amides is 1. The van der Waals surface area contributed by atoms with Gasteiger partial charge in [-0.3, -0.25) is 9.69 Å². The Bertz CT molecular complexity index is 1100. The number of aryl methyl sites for hydroxylation is 1. The molecule has 2 unspecified atom stereocenters. The summed E-state index contributed by atoms with van der Waals surface area (Å²) in [6, 6.07) is 7.41. The van der Waals surface area contributed by atoms with Crippen LogP contribution in [0.5, 0.6) is 0 Å². The summed E-state index contributed by atoms with van der Waals surface area (Å²) in [5, 5.41) is 6.11. The second-order valence-electron chi connectivity index (χ2n) is 8.95. The lowest BCUT2D eigenvalue weighted by Gasteiger charge is -2.34. The molecule has 3 heterocycles. The predicted molar refractivity (Wildman–Crippen MR) is 122 cm³/mol. The van der Waals surface area contributed by atoms with Gasteiger partial charge in [-0.2, -0.15) is 4.98 Å². The van der Waals surface area contributed by atoms with Crippen LogP contribution in [0.2, 0.25) is 0 Å². The number of likely N-dealkylation sites (N-methyl/N-ethyl adjacent to an activating group) is 1. The van der Waals surface area contributed by atoms with Crippen molar-refractivity contribution in [1.29, 1.82) is 0 Å². The number of halogens is 1. The maximum Gasteiger partial charge on any atom is 0.246 e. The van der Waals surface area contributed by atoms with Crippen molar-refractivity contribution >= 4 is 29.0 Å². The van der Waals surface area contributed by atoms with Crippen molar-refractivity contribution in [2.75, 3.05) is 35.7 Å². The van der Waals surface area contributed by atoms with Gasteiger partial charge in [-0.25, -0.2) is 9.37 Å². The number of hydrogen-bond acceptors (Lipinski definition) is 7. The molecule has 0 spiro atoms. The number of nitrogens with zero attached hydrogens (tertiary/aromatic N) is 4. The van der Waals surface area contributed by atoms with Crippen LogP contribution >= 0.6 is 0 Å². The fourth-order valence-electron chi connectivity index (χ4n) is 5.16. The van der Waals surface area contributed by atoms with Gasteiger partial charge in [0.25, 0.3) is 0 Å². The molecule has 5 rings (SSSR count). The van der Waals surface area contributed by atoms with Gasteiger partial charge < -0.3 is 21.3 Å². The molecular weight excluding hydrogens is 409 g/mol. The SMILES string of the molecule is Cc1cc(Nc2ncc(F)c(NC3=C(C(N)=O)CCC3)n2)ccc1N1CC2CC1CN2C. The van der Waals surface area contributed by atoms with E-state index in [-0.39, 0.29) is 11.8 Å². The average molecular weight is 438 g/mol. The quantitative estimate of drug-likeness (QED) is 0.639. The first kappa shape index (κ1) is 20.7. The molecule has 2 atom stereocenters. The van der Waals surface area contributed by atoms with Gasteiger partial charge in [0.2, 0.25) is 11.9 Å². The molecule has 168 valence electrons. The Labute approximate surface area is 186 Å². The van der Waals surface area contributed by atoms with Crippen molar-refractivity contribution in [1.82, 2.24) is 14.9 Å². The molecule has 3 aliphatic rings. The topological polar surface area (TPSA) is 99.4 Å². The molecule has 0 saturated carbocycles. The molecule has 1 aromatic heterocycles. The summed E-state index contributed by atoms with van der Waals surface area (Å²) in [4.78, 5) is 24.9. The summed E-state index contributed by atoms with van der Waals surface area (Å²) >= 11 is 0. The van der Waals surface area contributed by atoms with Crippen LogP contribution in [0.25, 0.3) is 0 Å². The fraction of sp³-hybridized carbons (Fsp3) is 0.435. The zero-order chi connectivity index (χ0) is 22.4. The van der Waals surface area contributed by atoms with E-state index in [1.807, 2.05) is 6.07 Å². The molecule has 32 heavy (non-hydrogen) atoms. The lowest BCUT2D eigenvalue weighted by atomic mass is 10.1. The highest BCUT2D eigenvalue weighted by atomic mass is 19.1. The number of nitrogens with two attached hydrogens (primary N) is 1. The number of piperazine rings is 1. The van der Waals surface area contributed by atoms with Gasteiger partial charge in [0, 0.05) is 47.8 Å². The molecule has 2 aromatic rings. The highest BCUT2D eigenvalue weighted by Crippen LogP contribution is 2.36. The van der Waals surface area contributed by atoms with Crippen molar-refractivity contribution in [3.8, 4) is 0 Å². The lowest BCUT2D eigenvalue weighted by molar-refractivity contribution is -0.114. The van der Waals surface area contributed by atoms with Crippen molar-refractivity contribution in [2.24, 2.45) is 5.73 Å². The van der Waals surface area contributed by atoms with Gasteiger partial charge in [-0.15, -0.1) is 0 Å². The van der Waals surface area contributed by atoms with Crippen molar-refractivity contribution < 1.29 is 9.18 Å². The molecule has 0 radical (unpaired) electrons. The molecular formula is C23H28FN7O. The first-order valence-corrected chi connectivity index (χ1v) is 11.0. The van der Waals surface area contributed by atoms with Crippen LogP contribution in [0.15, 0.2) is 35.7 Å². The second-order valence-corrected chi connectivity index (χ2v) is 8.95. The van der Waals surface area contributed by atoms with E-state index >= 15 is 0 Å². The zero-order valence-electron chi connectivity index (χ0n) is 18.4. The number of anilines is 4. The number of hydrogen-bond donors (Lipinski definition) is 3. The Morgan fingerprint density at radius 3 is 2.75 bits per heavy atom. The van der Waals surface area contributed by atoms with E-state index in [0.717, 1.165) is 31.4 Å². The number of rotatable bonds is 6. The van der Waals surface area contributed by atoms with Crippen LogP contribution in [0.4, 0.5) is 27.5 Å². The molecule has 1 aliphatic carbocycles. The highest BCUT2D eigenvalue weighted by molar-refractivity contribution is 5.93. The molecule has 8 nitrogen and oxygen atoms in total. The Morgan fingerprint density at radius 2 is 2.06 bits per heavy atom. The van der Waals surface area contributed by atoms with Crippen LogP contribution in [-0.4, -0.2) is 53.0 Å². The smallest absolute Gasteiger partial charge is 0.246 e. The van der Waals surface area contributed by atoms with E-state index in [4.69, 9.17) is 5.73 Å². The number of likely N-dealkylation sites (tertiary alicyclic amines) is 1. The minimum Gasteiger partial charge on any atom is -0.366 e. The van der Waals surface area contributed by atoms with Gasteiger partial charge >= 0.3 is 0 Å². The number of carbonyl (C=O) groups is 1. The van der Waals surface area contributed by atoms with Gasteiger partial charge in [-0.05, 0) is 63.4 Å². The highest BCUT2D eigenvalue weighted by Gasteiger charge is 2.41. The Balaban J connectivity index is 1.32. The van der Waals surface area contributed by atoms with E-state index in [1.54, 1.807) is 0 Å². The molecule has 9 heteroatoms. The third-order valence-electron chi connectivity index (χ3n) is 6.81. The molecule has 2 bridgehead atoms. The van der Waals surface area contributed by atoms with E-state index in [2.05, 4.69) is 56.5 Å². The fourth-order valence-corrected chi connectivity index (χ4v) is 5.16. The summed E-state index contributed by atoms with van der Waals surface area (Å²) in [7, 11) is 2.20. The normalized spacial score (nSPS) is 22.7. The molecule has 4 N–H and O–H groups in total. The molecule has 2 fully saturated rings. The van der Waals surface area contributed by atoms with E-state index < -0.39 is 11.7 Å². The number of aromatic nitrogens is 2. The number of amides is 1. The summed E-state index contributed by atoms with van der Waals surface area (Å²) in [5.74, 6) is -0.753. The maximum atomic E-state index is 14.3. The second kappa shape index (κ2) is 8.05. The van der Waals surface area contributed by atoms with E-state index in [0.29, 0.717) is 36.2 Å². The summed E-state index contributed by atoms with van der Waals surface area (Å²) in [6.07, 6.45) is 4.38. The number of allylic oxidation sites excluding steroid dienone is 1. The lowest BCUT2D eigenvalue weighted by Crippen LogP contribution is -2.44. The number of fused-ring (bicyclic) bond motifs is 2. The Hall–Kier alpha value is -3.20. The maximum absolute atomic E-state index is 14.3. The molecule has 2 saturated heterocycles. The monoisotopic (exact) mass is 437 g/mol. The van der Waals surface area contributed by atoms with E-state index in [9.17, 15) is 9.18 Å². The zero-order valence-corrected chi connectivity index (χ0v) is 18.4. The minimum absolute atomic E-state index is 0.0312. The minimum atomic E-state index is -0.584. The summed E-state index contributed by atoms with van der Waals surface area (Å²) < 4.78 is 14.3. The number of nitrogens with one attached hydrogen (secondary N) is 2. The van der Waals surface area contributed by atoms with Crippen molar-refractivity contribution in [2.45, 2.75) is 44.7 Å². The molecule has 2 aliphatic heterocycles. The standard InChI is InChI=1S/C23H28FN7O/c1-13-8-14(6-7-20(13)31-12-15-9-16(31)11-30(15)2)27-23-26-10-18(24)22(29-23)28-19-5-3-4-17(19)21(25)32/h6-8,10,15-16H,3-5,9,11-12H2,1-2H3,(H2,25,32)(H2,26,27,28,29). The average Bonchev–Trinajstić information content (AvgIpc) is 3.46. The summed E-state index contributed by atoms with van der Waals surface area (Å²) in [6.45, 7) is 4.28. The molecule has 1 aromatic carbocycles. The molecule has 1 amide bonds. The summed E-state index contributed by atoms with van der Waals surface area (Å²) in [5.41, 5.74) is 9.83. The van der Waals surface area contributed by atoms with Crippen LogP contribution in [0.3, 0.4) is 0 Å². The van der Waals surface area contributed by atoms with Gasteiger partial charge in [0.05, 0.1) is 6.20 Å². The van der Waals surface area contributed by atoms with Crippen LogP contribution < -0.4 is 21.3 Å². The van der Waals surface area contributed by atoms with Gasteiger partial charge in [0.15, 0.2) is 11.6 Å².